The first kappa shape index (κ1) is 12.6. The Kier molecular flexibility index (Phi) is 3.58. The number of nitrogens with zero attached hydrogens (tertiary/aromatic N) is 2. The van der Waals surface area contributed by atoms with Gasteiger partial charge >= 0.3 is 0 Å². The summed E-state index contributed by atoms with van der Waals surface area (Å²) in [6.07, 6.45) is 4.36. The van der Waals surface area contributed by atoms with Crippen molar-refractivity contribution in [1.82, 2.24) is 9.78 Å². The number of rotatable bonds is 6. The van der Waals surface area contributed by atoms with Gasteiger partial charge in [-0.3, -0.25) is 0 Å². The van der Waals surface area contributed by atoms with Gasteiger partial charge in [-0.2, -0.15) is 5.10 Å². The van der Waals surface area contributed by atoms with E-state index in [0.29, 0.717) is 12.6 Å². The van der Waals surface area contributed by atoms with Gasteiger partial charge in [0.05, 0.1) is 17.6 Å². The van der Waals surface area contributed by atoms with E-state index in [-0.39, 0.29) is 0 Å². The number of hydrogen-bond acceptors (Lipinski definition) is 3. The van der Waals surface area contributed by atoms with Crippen LogP contribution in [0.25, 0.3) is 0 Å². The average Bonchev–Trinajstić information content (AvgIpc) is 2.97. The van der Waals surface area contributed by atoms with Gasteiger partial charge in [0.15, 0.2) is 0 Å². The summed E-state index contributed by atoms with van der Waals surface area (Å²) >= 11 is 0. The molecule has 1 saturated carbocycles. The third-order valence-electron chi connectivity index (χ3n) is 3.00. The molecule has 1 fully saturated rings. The van der Waals surface area contributed by atoms with Gasteiger partial charge in [-0.15, -0.1) is 0 Å². The van der Waals surface area contributed by atoms with Crippen molar-refractivity contribution in [3.63, 3.8) is 0 Å². The van der Waals surface area contributed by atoms with E-state index in [9.17, 15) is 0 Å². The molecule has 1 heterocycles. The molecule has 0 bridgehead atoms. The van der Waals surface area contributed by atoms with Crippen LogP contribution in [0.1, 0.15) is 24.5 Å². The second-order valence-corrected chi connectivity index (χ2v) is 11.8. The van der Waals surface area contributed by atoms with Crippen molar-refractivity contribution in [2.45, 2.75) is 51.2 Å². The van der Waals surface area contributed by atoms with Gasteiger partial charge in [0.2, 0.25) is 0 Å². The van der Waals surface area contributed by atoms with Crippen molar-refractivity contribution < 1.29 is 4.74 Å². The molecule has 1 aromatic heterocycles. The molecule has 4 nitrogen and oxygen atoms in total. The number of anilines is 1. The molecule has 2 rings (SSSR count). The van der Waals surface area contributed by atoms with Crippen LogP contribution in [0.2, 0.25) is 25.7 Å². The first-order chi connectivity index (χ1) is 7.96. The minimum absolute atomic E-state index is 0.529. The van der Waals surface area contributed by atoms with Crippen LogP contribution in [0.4, 0.5) is 5.69 Å². The Balaban J connectivity index is 1.77. The highest BCUT2D eigenvalue weighted by Crippen LogP contribution is 2.41. The van der Waals surface area contributed by atoms with Crippen molar-refractivity contribution in [3.05, 3.63) is 11.9 Å². The van der Waals surface area contributed by atoms with Gasteiger partial charge in [-0.05, 0) is 18.9 Å². The lowest BCUT2D eigenvalue weighted by Crippen LogP contribution is -2.22. The molecule has 96 valence electrons. The summed E-state index contributed by atoms with van der Waals surface area (Å²) in [5.41, 5.74) is 7.81. The molecular weight excluding hydrogens is 230 g/mol. The molecule has 1 aliphatic carbocycles. The Bertz CT molecular complexity index is 380. The first-order valence-corrected chi connectivity index (χ1v) is 10.1. The molecule has 0 aliphatic heterocycles. The van der Waals surface area contributed by atoms with Crippen molar-refractivity contribution in [3.8, 4) is 0 Å². The van der Waals surface area contributed by atoms with E-state index in [1.165, 1.54) is 18.9 Å². The average molecular weight is 253 g/mol. The van der Waals surface area contributed by atoms with E-state index in [4.69, 9.17) is 10.5 Å². The summed E-state index contributed by atoms with van der Waals surface area (Å²) in [6.45, 7) is 8.42. The van der Waals surface area contributed by atoms with Gasteiger partial charge in [0.1, 0.15) is 6.73 Å². The lowest BCUT2D eigenvalue weighted by atomic mass is 10.3. The molecule has 2 N–H and O–H groups in total. The molecule has 17 heavy (non-hydrogen) atoms. The first-order valence-electron chi connectivity index (χ1n) is 6.36. The maximum Gasteiger partial charge on any atom is 0.139 e. The maximum absolute atomic E-state index is 5.92. The monoisotopic (exact) mass is 253 g/mol. The number of aromatic nitrogens is 2. The maximum atomic E-state index is 5.92. The van der Waals surface area contributed by atoms with E-state index in [1.807, 2.05) is 10.9 Å². The summed E-state index contributed by atoms with van der Waals surface area (Å²) in [7, 11) is -0.988. The van der Waals surface area contributed by atoms with E-state index < -0.39 is 8.07 Å². The van der Waals surface area contributed by atoms with Gasteiger partial charge in [-0.25, -0.2) is 4.68 Å². The number of nitrogen functional groups attached to an aromatic ring is 1. The largest absolute Gasteiger partial charge is 0.396 e. The van der Waals surface area contributed by atoms with Crippen molar-refractivity contribution in [2.24, 2.45) is 0 Å². The molecule has 0 atom stereocenters. The Morgan fingerprint density at radius 3 is 2.76 bits per heavy atom. The predicted molar refractivity (Wildman–Crippen MR) is 72.7 cm³/mol. The fraction of sp³-hybridized carbons (Fsp3) is 0.750. The Hall–Kier alpha value is -0.813. The summed E-state index contributed by atoms with van der Waals surface area (Å²) < 4.78 is 7.47. The molecule has 1 aromatic rings. The molecule has 0 amide bonds. The zero-order valence-electron chi connectivity index (χ0n) is 11.1. The van der Waals surface area contributed by atoms with Crippen LogP contribution in [-0.2, 0) is 11.5 Å². The minimum Gasteiger partial charge on any atom is -0.396 e. The van der Waals surface area contributed by atoms with E-state index >= 15 is 0 Å². The Labute approximate surface area is 104 Å². The fourth-order valence-corrected chi connectivity index (χ4v) is 2.49. The van der Waals surface area contributed by atoms with Gasteiger partial charge < -0.3 is 10.5 Å². The van der Waals surface area contributed by atoms with Crippen LogP contribution in [0.15, 0.2) is 6.20 Å². The molecule has 5 heteroatoms. The highest BCUT2D eigenvalue weighted by Gasteiger charge is 2.28. The van der Waals surface area contributed by atoms with Crippen LogP contribution in [-0.4, -0.2) is 24.5 Å². The van der Waals surface area contributed by atoms with Crippen LogP contribution < -0.4 is 5.73 Å². The second kappa shape index (κ2) is 4.82. The topological polar surface area (TPSA) is 53.1 Å². The highest BCUT2D eigenvalue weighted by atomic mass is 28.3. The third kappa shape index (κ3) is 3.85. The van der Waals surface area contributed by atoms with Crippen molar-refractivity contribution in [2.75, 3.05) is 12.3 Å². The van der Waals surface area contributed by atoms with Crippen molar-refractivity contribution in [1.29, 1.82) is 0 Å². The zero-order chi connectivity index (χ0) is 12.5. The minimum atomic E-state index is -0.988. The fourth-order valence-electron chi connectivity index (χ4n) is 1.73. The second-order valence-electron chi connectivity index (χ2n) is 6.13. The molecule has 0 unspecified atom stereocenters. The molecule has 0 saturated heterocycles. The molecule has 0 radical (unpaired) electrons. The van der Waals surface area contributed by atoms with Crippen LogP contribution in [0.3, 0.4) is 0 Å². The predicted octanol–water partition coefficient (Wildman–Crippen LogP) is 2.66. The van der Waals surface area contributed by atoms with E-state index in [2.05, 4.69) is 24.7 Å². The van der Waals surface area contributed by atoms with Crippen LogP contribution in [0, 0.1) is 0 Å². The molecular formula is C12H23N3OSi. The van der Waals surface area contributed by atoms with Gasteiger partial charge in [-0.1, -0.05) is 19.6 Å². The standard InChI is InChI=1S/C12H23N3OSi/c1-17(2,3)7-6-16-9-15-8-11(13)12(14-15)10-4-5-10/h8,10H,4-7,9,13H2,1-3H3. The smallest absolute Gasteiger partial charge is 0.139 e. The quantitative estimate of drug-likeness (QED) is 0.626. The summed E-state index contributed by atoms with van der Waals surface area (Å²) in [6, 6.07) is 1.19. The van der Waals surface area contributed by atoms with Gasteiger partial charge in [0.25, 0.3) is 0 Å². The molecule has 0 spiro atoms. The number of ether oxygens (including phenoxy) is 1. The zero-order valence-corrected chi connectivity index (χ0v) is 12.1. The van der Waals surface area contributed by atoms with Crippen molar-refractivity contribution >= 4 is 13.8 Å². The SMILES string of the molecule is C[Si](C)(C)CCOCn1cc(N)c(C2CC2)n1. The van der Waals surface area contributed by atoms with Gasteiger partial charge in [0, 0.05) is 20.6 Å². The number of nitrogens with two attached hydrogens (primary N) is 1. The summed E-state index contributed by atoms with van der Waals surface area (Å²) in [5.74, 6) is 0.609. The van der Waals surface area contributed by atoms with Crippen LogP contribution >= 0.6 is 0 Å². The lowest BCUT2D eigenvalue weighted by molar-refractivity contribution is 0.0783. The summed E-state index contributed by atoms with van der Waals surface area (Å²) in [5, 5.41) is 4.48. The molecule has 1 aliphatic rings. The highest BCUT2D eigenvalue weighted by molar-refractivity contribution is 6.76. The normalized spacial score (nSPS) is 16.4. The summed E-state index contributed by atoms with van der Waals surface area (Å²) in [4.78, 5) is 0. The Morgan fingerprint density at radius 2 is 2.18 bits per heavy atom. The third-order valence-corrected chi connectivity index (χ3v) is 4.71. The number of hydrogen-bond donors (Lipinski definition) is 1. The molecule has 0 aromatic carbocycles. The van der Waals surface area contributed by atoms with E-state index in [0.717, 1.165) is 18.0 Å². The van der Waals surface area contributed by atoms with E-state index in [1.54, 1.807) is 0 Å². The Morgan fingerprint density at radius 1 is 1.47 bits per heavy atom. The lowest BCUT2D eigenvalue weighted by Gasteiger charge is -2.15. The van der Waals surface area contributed by atoms with Crippen LogP contribution in [0.5, 0.6) is 0 Å².